The molecule has 0 saturated carbocycles. The summed E-state index contributed by atoms with van der Waals surface area (Å²) in [5.41, 5.74) is 0.981. The van der Waals surface area contributed by atoms with Crippen LogP contribution in [-0.2, 0) is 0 Å². The van der Waals surface area contributed by atoms with Gasteiger partial charge >= 0.3 is 0 Å². The molecule has 0 amide bonds. The summed E-state index contributed by atoms with van der Waals surface area (Å²) in [6.45, 7) is 1.81. The molecule has 2 nitrogen and oxygen atoms in total. The lowest BCUT2D eigenvalue weighted by Gasteiger charge is -2.16. The van der Waals surface area contributed by atoms with E-state index in [2.05, 4.69) is 5.32 Å². The average molecular weight is 232 g/mol. The van der Waals surface area contributed by atoms with E-state index in [1.54, 1.807) is 12.1 Å². The van der Waals surface area contributed by atoms with E-state index in [-0.39, 0.29) is 36.7 Å². The fourth-order valence-electron chi connectivity index (χ4n) is 2.05. The molecule has 1 aliphatic heterocycles. The zero-order valence-corrected chi connectivity index (χ0v) is 9.14. The summed E-state index contributed by atoms with van der Waals surface area (Å²) in [7, 11) is 0. The molecule has 1 aliphatic rings. The van der Waals surface area contributed by atoms with Crippen LogP contribution >= 0.6 is 12.4 Å². The van der Waals surface area contributed by atoms with Crippen molar-refractivity contribution in [1.29, 1.82) is 0 Å². The molecule has 1 saturated heterocycles. The van der Waals surface area contributed by atoms with Gasteiger partial charge in [0.2, 0.25) is 0 Å². The summed E-state index contributed by atoms with van der Waals surface area (Å²) in [6.07, 6.45) is 0. The van der Waals surface area contributed by atoms with Gasteiger partial charge in [-0.3, -0.25) is 0 Å². The topological polar surface area (TPSA) is 32.3 Å². The first-order valence-electron chi connectivity index (χ1n) is 4.88. The Kier molecular flexibility index (Phi) is 4.51. The lowest BCUT2D eigenvalue weighted by Crippen LogP contribution is -2.14. The third-order valence-corrected chi connectivity index (χ3v) is 2.85. The number of aliphatic hydroxyl groups excluding tert-OH is 1. The third kappa shape index (κ3) is 2.68. The van der Waals surface area contributed by atoms with Crippen LogP contribution in [0.4, 0.5) is 4.39 Å². The van der Waals surface area contributed by atoms with E-state index in [0.29, 0.717) is 0 Å². The molecule has 84 valence electrons. The summed E-state index contributed by atoms with van der Waals surface area (Å²) >= 11 is 0. The number of rotatable bonds is 2. The highest BCUT2D eigenvalue weighted by Gasteiger charge is 2.27. The molecule has 0 unspecified atom stereocenters. The maximum Gasteiger partial charge on any atom is 0.123 e. The summed E-state index contributed by atoms with van der Waals surface area (Å²) in [4.78, 5) is 0. The second-order valence-electron chi connectivity index (χ2n) is 3.76. The second-order valence-corrected chi connectivity index (χ2v) is 3.76. The summed E-state index contributed by atoms with van der Waals surface area (Å²) in [5, 5.41) is 12.3. The van der Waals surface area contributed by atoms with Crippen LogP contribution in [-0.4, -0.2) is 24.8 Å². The monoisotopic (exact) mass is 231 g/mol. The van der Waals surface area contributed by atoms with E-state index in [1.165, 1.54) is 6.07 Å². The fourth-order valence-corrected chi connectivity index (χ4v) is 2.05. The van der Waals surface area contributed by atoms with Gasteiger partial charge in [0.25, 0.3) is 0 Å². The second kappa shape index (κ2) is 5.45. The van der Waals surface area contributed by atoms with E-state index in [4.69, 9.17) is 5.11 Å². The summed E-state index contributed by atoms with van der Waals surface area (Å²) in [5.74, 6) is 0.263. The molecule has 1 fully saturated rings. The molecule has 1 aromatic rings. The minimum atomic E-state index is -0.203. The van der Waals surface area contributed by atoms with Crippen molar-refractivity contribution in [2.24, 2.45) is 5.92 Å². The Bertz CT molecular complexity index is 321. The van der Waals surface area contributed by atoms with Gasteiger partial charge < -0.3 is 10.4 Å². The number of benzene rings is 1. The molecule has 0 aromatic heterocycles. The van der Waals surface area contributed by atoms with Gasteiger partial charge in [0.1, 0.15) is 5.82 Å². The minimum absolute atomic E-state index is 0. The molecule has 2 N–H and O–H groups in total. The fraction of sp³-hybridized carbons (Fsp3) is 0.455. The highest BCUT2D eigenvalue weighted by atomic mass is 35.5. The Balaban J connectivity index is 0.00000112. The van der Waals surface area contributed by atoms with Gasteiger partial charge in [-0.25, -0.2) is 4.39 Å². The molecule has 0 radical (unpaired) electrons. The summed E-state index contributed by atoms with van der Waals surface area (Å²) < 4.78 is 13.0. The smallest absolute Gasteiger partial charge is 0.123 e. The molecule has 0 spiro atoms. The Labute approximate surface area is 94.9 Å². The van der Waals surface area contributed by atoms with E-state index in [1.807, 2.05) is 6.07 Å². The van der Waals surface area contributed by atoms with Crippen LogP contribution in [0.15, 0.2) is 24.3 Å². The van der Waals surface area contributed by atoms with Crippen LogP contribution in [0, 0.1) is 11.7 Å². The largest absolute Gasteiger partial charge is 0.396 e. The van der Waals surface area contributed by atoms with Gasteiger partial charge in [-0.1, -0.05) is 12.1 Å². The Morgan fingerprint density at radius 2 is 2.20 bits per heavy atom. The Morgan fingerprint density at radius 3 is 2.87 bits per heavy atom. The lowest BCUT2D eigenvalue weighted by molar-refractivity contribution is 0.226. The zero-order valence-electron chi connectivity index (χ0n) is 8.32. The maximum atomic E-state index is 13.0. The third-order valence-electron chi connectivity index (χ3n) is 2.85. The first kappa shape index (κ1) is 12.4. The van der Waals surface area contributed by atoms with Gasteiger partial charge in [0.15, 0.2) is 0 Å². The first-order valence-corrected chi connectivity index (χ1v) is 4.88. The van der Waals surface area contributed by atoms with E-state index < -0.39 is 0 Å². The zero-order chi connectivity index (χ0) is 9.97. The van der Waals surface area contributed by atoms with Crippen molar-refractivity contribution in [1.82, 2.24) is 5.32 Å². The molecule has 2 atom stereocenters. The van der Waals surface area contributed by atoms with Gasteiger partial charge in [0, 0.05) is 31.5 Å². The van der Waals surface area contributed by atoms with E-state index in [0.717, 1.165) is 18.7 Å². The minimum Gasteiger partial charge on any atom is -0.396 e. The molecule has 1 aromatic carbocycles. The average Bonchev–Trinajstić information content (AvgIpc) is 2.65. The van der Waals surface area contributed by atoms with Crippen molar-refractivity contribution < 1.29 is 9.50 Å². The molecule has 15 heavy (non-hydrogen) atoms. The van der Waals surface area contributed by atoms with Crippen molar-refractivity contribution in [3.05, 3.63) is 35.6 Å². The number of aliphatic hydroxyl groups is 1. The van der Waals surface area contributed by atoms with Crippen LogP contribution < -0.4 is 5.32 Å². The number of hydrogen-bond donors (Lipinski definition) is 2. The summed E-state index contributed by atoms with van der Waals surface area (Å²) in [6, 6.07) is 6.64. The van der Waals surface area contributed by atoms with Crippen LogP contribution in [0.25, 0.3) is 0 Å². The van der Waals surface area contributed by atoms with Crippen molar-refractivity contribution in [3.8, 4) is 0 Å². The Morgan fingerprint density at radius 1 is 1.40 bits per heavy atom. The molecular weight excluding hydrogens is 217 g/mol. The highest BCUT2D eigenvalue weighted by molar-refractivity contribution is 5.85. The molecule has 2 rings (SSSR count). The predicted molar refractivity (Wildman–Crippen MR) is 59.8 cm³/mol. The quantitative estimate of drug-likeness (QED) is 0.810. The number of hydrogen-bond acceptors (Lipinski definition) is 2. The highest BCUT2D eigenvalue weighted by Crippen LogP contribution is 2.27. The van der Waals surface area contributed by atoms with Gasteiger partial charge in [-0.05, 0) is 17.7 Å². The molecule has 4 heteroatoms. The van der Waals surface area contributed by atoms with Gasteiger partial charge in [-0.2, -0.15) is 0 Å². The standard InChI is InChI=1S/C11H14FNO.ClH/c12-10-3-1-2-8(4-10)11-6-13-5-9(11)7-14;/h1-4,9,11,13-14H,5-7H2;1H/t9-,11-;/m0./s1. The van der Waals surface area contributed by atoms with Gasteiger partial charge in [0.05, 0.1) is 0 Å². The SMILES string of the molecule is Cl.OC[C@@H]1CNC[C@H]1c1cccc(F)c1. The lowest BCUT2D eigenvalue weighted by atomic mass is 9.89. The predicted octanol–water partition coefficient (Wildman–Crippen LogP) is 1.54. The van der Waals surface area contributed by atoms with Crippen LogP contribution in [0.2, 0.25) is 0 Å². The van der Waals surface area contributed by atoms with Crippen molar-refractivity contribution >= 4 is 12.4 Å². The first-order chi connectivity index (χ1) is 6.81. The molecule has 0 aliphatic carbocycles. The van der Waals surface area contributed by atoms with E-state index >= 15 is 0 Å². The molecule has 1 heterocycles. The van der Waals surface area contributed by atoms with Crippen molar-refractivity contribution in [2.45, 2.75) is 5.92 Å². The van der Waals surface area contributed by atoms with Crippen LogP contribution in [0.1, 0.15) is 11.5 Å². The Hall–Kier alpha value is -0.640. The van der Waals surface area contributed by atoms with Crippen LogP contribution in [0.5, 0.6) is 0 Å². The van der Waals surface area contributed by atoms with E-state index in [9.17, 15) is 4.39 Å². The molecule has 0 bridgehead atoms. The molecular formula is C11H15ClFNO. The van der Waals surface area contributed by atoms with Crippen LogP contribution in [0.3, 0.4) is 0 Å². The van der Waals surface area contributed by atoms with Crippen molar-refractivity contribution in [2.75, 3.05) is 19.7 Å². The number of nitrogens with one attached hydrogen (secondary N) is 1. The number of halogens is 2. The normalized spacial score (nSPS) is 24.9. The van der Waals surface area contributed by atoms with Gasteiger partial charge in [-0.15, -0.1) is 12.4 Å². The maximum absolute atomic E-state index is 13.0. The van der Waals surface area contributed by atoms with Crippen molar-refractivity contribution in [3.63, 3.8) is 0 Å².